The fourth-order valence-electron chi connectivity index (χ4n) is 2.20. The van der Waals surface area contributed by atoms with E-state index in [-0.39, 0.29) is 17.6 Å². The number of rotatable bonds is 3. The maximum absolute atomic E-state index is 12.0. The summed E-state index contributed by atoms with van der Waals surface area (Å²) in [5.74, 6) is 0.176. The minimum absolute atomic E-state index is 0.0880. The van der Waals surface area contributed by atoms with E-state index in [1.165, 1.54) is 18.2 Å². The van der Waals surface area contributed by atoms with E-state index in [1.807, 2.05) is 60.7 Å². The fraction of sp³-hybridized carbons (Fsp3) is 0.0952. The molecular formula is C21H21NO4. The van der Waals surface area contributed by atoms with Crippen LogP contribution in [-0.2, 0) is 4.74 Å². The first-order valence-corrected chi connectivity index (χ1v) is 8.16. The minimum atomic E-state index is -0.366. The van der Waals surface area contributed by atoms with E-state index in [9.17, 15) is 4.79 Å². The highest BCUT2D eigenvalue weighted by Gasteiger charge is 2.18. The van der Waals surface area contributed by atoms with Crippen molar-refractivity contribution in [2.45, 2.75) is 6.92 Å². The zero-order valence-corrected chi connectivity index (χ0v) is 14.4. The Morgan fingerprint density at radius 3 is 1.62 bits per heavy atom. The van der Waals surface area contributed by atoms with Crippen molar-refractivity contribution in [3.05, 3.63) is 84.9 Å². The number of ether oxygens (including phenoxy) is 1. The number of carbonyl (C=O) groups is 1. The Kier molecular flexibility index (Phi) is 7.06. The van der Waals surface area contributed by atoms with Crippen molar-refractivity contribution < 1.29 is 19.7 Å². The summed E-state index contributed by atoms with van der Waals surface area (Å²) >= 11 is 0. The Morgan fingerprint density at radius 2 is 1.27 bits per heavy atom. The summed E-state index contributed by atoms with van der Waals surface area (Å²) < 4.78 is 5.10. The zero-order valence-electron chi connectivity index (χ0n) is 14.4. The van der Waals surface area contributed by atoms with E-state index in [2.05, 4.69) is 0 Å². The molecule has 5 nitrogen and oxygen atoms in total. The van der Waals surface area contributed by atoms with Crippen LogP contribution in [0.2, 0.25) is 0 Å². The molecule has 0 bridgehead atoms. The molecular weight excluding hydrogens is 330 g/mol. The summed E-state index contributed by atoms with van der Waals surface area (Å²) in [5.41, 5.74) is 1.59. The molecule has 26 heavy (non-hydrogen) atoms. The molecule has 1 amide bonds. The number of anilines is 2. The van der Waals surface area contributed by atoms with E-state index < -0.39 is 0 Å². The van der Waals surface area contributed by atoms with Gasteiger partial charge in [0.05, 0.1) is 18.0 Å². The van der Waals surface area contributed by atoms with Gasteiger partial charge in [-0.25, -0.2) is 9.69 Å². The molecule has 0 aromatic heterocycles. The normalized spacial score (nSPS) is 9.58. The lowest BCUT2D eigenvalue weighted by molar-refractivity contribution is 0.162. The minimum Gasteiger partial charge on any atom is -0.508 e. The fourth-order valence-corrected chi connectivity index (χ4v) is 2.20. The molecule has 3 aromatic carbocycles. The number of amides is 1. The average Bonchev–Trinajstić information content (AvgIpc) is 2.64. The number of hydrogen-bond acceptors (Lipinski definition) is 4. The lowest BCUT2D eigenvalue weighted by Gasteiger charge is -2.21. The number of hydrogen-bond donors (Lipinski definition) is 2. The van der Waals surface area contributed by atoms with E-state index in [4.69, 9.17) is 14.9 Å². The summed E-state index contributed by atoms with van der Waals surface area (Å²) in [6.07, 6.45) is -0.366. The molecule has 0 aliphatic rings. The van der Waals surface area contributed by atoms with Crippen LogP contribution in [0.15, 0.2) is 84.9 Å². The summed E-state index contributed by atoms with van der Waals surface area (Å²) in [6.45, 7) is 2.15. The number of nitrogens with zero attached hydrogens (tertiary/aromatic N) is 1. The van der Waals surface area contributed by atoms with E-state index >= 15 is 0 Å². The van der Waals surface area contributed by atoms with E-state index in [0.29, 0.717) is 6.61 Å². The van der Waals surface area contributed by atoms with Crippen LogP contribution in [0.5, 0.6) is 11.5 Å². The van der Waals surface area contributed by atoms with Crippen molar-refractivity contribution in [1.29, 1.82) is 0 Å². The molecule has 5 heteroatoms. The number of para-hydroxylation sites is 2. The van der Waals surface area contributed by atoms with Crippen molar-refractivity contribution in [3.8, 4) is 11.5 Å². The predicted molar refractivity (Wildman–Crippen MR) is 102 cm³/mol. The van der Waals surface area contributed by atoms with Crippen LogP contribution < -0.4 is 4.90 Å². The Hall–Kier alpha value is -3.47. The van der Waals surface area contributed by atoms with Gasteiger partial charge in [0.15, 0.2) is 0 Å². The molecule has 134 valence electrons. The van der Waals surface area contributed by atoms with Gasteiger partial charge in [-0.2, -0.15) is 0 Å². The quantitative estimate of drug-likeness (QED) is 0.690. The number of benzene rings is 3. The van der Waals surface area contributed by atoms with Crippen LogP contribution in [-0.4, -0.2) is 22.9 Å². The first-order chi connectivity index (χ1) is 12.6. The SMILES string of the molecule is CCOC(=O)N(c1ccccc1)c1ccccc1.Oc1cccc(O)c1. The highest BCUT2D eigenvalue weighted by molar-refractivity contribution is 5.95. The lowest BCUT2D eigenvalue weighted by Crippen LogP contribution is -2.26. The average molecular weight is 351 g/mol. The van der Waals surface area contributed by atoms with Crippen LogP contribution >= 0.6 is 0 Å². The third kappa shape index (κ3) is 5.56. The van der Waals surface area contributed by atoms with Crippen LogP contribution in [0.4, 0.5) is 16.2 Å². The molecule has 0 heterocycles. The molecule has 3 rings (SSSR count). The highest BCUT2D eigenvalue weighted by Crippen LogP contribution is 2.25. The second-order valence-electron chi connectivity index (χ2n) is 5.23. The standard InChI is InChI=1S/C15H15NO2.C6H6O2/c1-2-18-15(17)16(13-9-5-3-6-10-13)14-11-7-4-8-12-14;7-5-2-1-3-6(8)4-5/h3-12H,2H2,1H3;1-4,7-8H. The smallest absolute Gasteiger partial charge is 0.418 e. The first-order valence-electron chi connectivity index (χ1n) is 8.16. The van der Waals surface area contributed by atoms with Gasteiger partial charge in [-0.05, 0) is 43.3 Å². The lowest BCUT2D eigenvalue weighted by atomic mass is 10.2. The van der Waals surface area contributed by atoms with Crippen molar-refractivity contribution in [1.82, 2.24) is 0 Å². The molecule has 0 saturated heterocycles. The van der Waals surface area contributed by atoms with Crippen molar-refractivity contribution in [2.75, 3.05) is 11.5 Å². The Balaban J connectivity index is 0.000000254. The number of aromatic hydroxyl groups is 2. The van der Waals surface area contributed by atoms with Gasteiger partial charge in [0.25, 0.3) is 0 Å². The van der Waals surface area contributed by atoms with Crippen LogP contribution in [0.25, 0.3) is 0 Å². The number of phenolic OH excluding ortho intramolecular Hbond substituents is 2. The molecule has 0 unspecified atom stereocenters. The Bertz CT molecular complexity index is 750. The van der Waals surface area contributed by atoms with Gasteiger partial charge in [0, 0.05) is 6.07 Å². The summed E-state index contributed by atoms with van der Waals surface area (Å²) in [4.78, 5) is 13.6. The van der Waals surface area contributed by atoms with Gasteiger partial charge >= 0.3 is 6.09 Å². The topological polar surface area (TPSA) is 70.0 Å². The van der Waals surface area contributed by atoms with Gasteiger partial charge in [0.1, 0.15) is 11.5 Å². The molecule has 3 aromatic rings. The molecule has 0 aliphatic heterocycles. The van der Waals surface area contributed by atoms with Gasteiger partial charge in [0.2, 0.25) is 0 Å². The monoisotopic (exact) mass is 351 g/mol. The van der Waals surface area contributed by atoms with Gasteiger partial charge in [-0.1, -0.05) is 42.5 Å². The van der Waals surface area contributed by atoms with Crippen LogP contribution in [0.1, 0.15) is 6.92 Å². The van der Waals surface area contributed by atoms with Crippen molar-refractivity contribution >= 4 is 17.5 Å². The van der Waals surface area contributed by atoms with Gasteiger partial charge < -0.3 is 14.9 Å². The predicted octanol–water partition coefficient (Wildman–Crippen LogP) is 5.08. The number of carbonyl (C=O) groups excluding carboxylic acids is 1. The van der Waals surface area contributed by atoms with Crippen molar-refractivity contribution in [2.24, 2.45) is 0 Å². The molecule has 0 atom stereocenters. The first kappa shape index (κ1) is 18.9. The molecule has 0 saturated carbocycles. The van der Waals surface area contributed by atoms with Gasteiger partial charge in [-0.3, -0.25) is 0 Å². The Labute approximate surface area is 152 Å². The third-order valence-electron chi connectivity index (χ3n) is 3.31. The van der Waals surface area contributed by atoms with Gasteiger partial charge in [-0.15, -0.1) is 0 Å². The Morgan fingerprint density at radius 1 is 0.808 bits per heavy atom. The molecule has 0 aliphatic carbocycles. The zero-order chi connectivity index (χ0) is 18.8. The summed E-state index contributed by atoms with van der Waals surface area (Å²) in [7, 11) is 0. The second-order valence-corrected chi connectivity index (χ2v) is 5.23. The largest absolute Gasteiger partial charge is 0.508 e. The van der Waals surface area contributed by atoms with E-state index in [0.717, 1.165) is 11.4 Å². The number of phenols is 2. The summed E-state index contributed by atoms with van der Waals surface area (Å²) in [6, 6.07) is 24.8. The highest BCUT2D eigenvalue weighted by atomic mass is 16.6. The molecule has 0 spiro atoms. The molecule has 2 N–H and O–H groups in total. The van der Waals surface area contributed by atoms with E-state index in [1.54, 1.807) is 17.9 Å². The van der Waals surface area contributed by atoms with Crippen LogP contribution in [0, 0.1) is 0 Å². The van der Waals surface area contributed by atoms with Crippen molar-refractivity contribution in [3.63, 3.8) is 0 Å². The maximum atomic E-state index is 12.0. The third-order valence-corrected chi connectivity index (χ3v) is 3.31. The second kappa shape index (κ2) is 9.74. The van der Waals surface area contributed by atoms with Crippen LogP contribution in [0.3, 0.4) is 0 Å². The maximum Gasteiger partial charge on any atom is 0.418 e. The molecule has 0 radical (unpaired) electrons. The molecule has 0 fully saturated rings. The summed E-state index contributed by atoms with van der Waals surface area (Å²) in [5, 5.41) is 17.3.